The van der Waals surface area contributed by atoms with Crippen LogP contribution >= 0.6 is 0 Å². The normalized spacial score (nSPS) is 23.5. The summed E-state index contributed by atoms with van der Waals surface area (Å²) in [5.74, 6) is -0.736. The number of benzene rings is 3. The predicted molar refractivity (Wildman–Crippen MR) is 133 cm³/mol. The third-order valence-corrected chi connectivity index (χ3v) is 7.15. The molecule has 0 aliphatic heterocycles. The molecule has 2 N–H and O–H groups in total. The number of carboxylic acid groups (broad SMARTS) is 1. The molecule has 0 radical (unpaired) electrons. The predicted octanol–water partition coefficient (Wildman–Crippen LogP) is 5.66. The Morgan fingerprint density at radius 2 is 1.42 bits per heavy atom. The van der Waals surface area contributed by atoms with Crippen LogP contribution in [0.15, 0.2) is 91.0 Å². The average Bonchev–Trinajstić information content (AvgIpc) is 3.17. The molecular formula is C29H34N2O2. The molecule has 0 unspecified atom stereocenters. The number of nitrogens with one attached hydrogen (secondary N) is 1. The van der Waals surface area contributed by atoms with E-state index in [1.807, 2.05) is 30.3 Å². The van der Waals surface area contributed by atoms with E-state index in [4.69, 9.17) is 0 Å². The fourth-order valence-corrected chi connectivity index (χ4v) is 5.27. The quantitative estimate of drug-likeness (QED) is 0.449. The van der Waals surface area contributed by atoms with Gasteiger partial charge in [-0.05, 0) is 42.4 Å². The number of hydrogen-bond acceptors (Lipinski definition) is 3. The van der Waals surface area contributed by atoms with E-state index >= 15 is 0 Å². The Hall–Kier alpha value is -2.95. The van der Waals surface area contributed by atoms with Gasteiger partial charge in [0.25, 0.3) is 0 Å². The van der Waals surface area contributed by atoms with Crippen LogP contribution in [0.5, 0.6) is 0 Å². The van der Waals surface area contributed by atoms with Gasteiger partial charge in [-0.2, -0.15) is 0 Å². The van der Waals surface area contributed by atoms with E-state index in [9.17, 15) is 9.90 Å². The molecule has 0 spiro atoms. The first-order valence-electron chi connectivity index (χ1n) is 11.9. The molecule has 0 bridgehead atoms. The van der Waals surface area contributed by atoms with E-state index in [1.54, 1.807) is 0 Å². The first-order chi connectivity index (χ1) is 16.0. The van der Waals surface area contributed by atoms with E-state index < -0.39 is 11.5 Å². The number of carboxylic acids is 1. The van der Waals surface area contributed by atoms with Gasteiger partial charge in [-0.3, -0.25) is 15.0 Å². The third kappa shape index (κ3) is 5.35. The van der Waals surface area contributed by atoms with Crippen LogP contribution in [0.3, 0.4) is 0 Å². The Labute approximate surface area is 197 Å². The first-order valence-corrected chi connectivity index (χ1v) is 11.9. The maximum absolute atomic E-state index is 12.7. The second-order valence-electron chi connectivity index (χ2n) is 9.42. The Morgan fingerprint density at radius 3 is 1.91 bits per heavy atom. The van der Waals surface area contributed by atoms with Crippen LogP contribution in [0.1, 0.15) is 49.4 Å². The standard InChI is InChI=1S/C29H34N2O2/c1-22-18-27(19-29(22,28(32)33)30-23(2)26-16-10-5-11-17-26)31(20-24-12-6-3-7-13-24)21-25-14-8-4-9-15-25/h3-17,22-23,27,30H,18-21H2,1-2H3,(H,32,33)/t22-,23-,27+,29+/m1/s1. The van der Waals surface area contributed by atoms with Gasteiger partial charge in [0.1, 0.15) is 5.54 Å². The van der Waals surface area contributed by atoms with Crippen molar-refractivity contribution in [2.45, 2.75) is 57.4 Å². The minimum absolute atomic E-state index is 0.0141. The van der Waals surface area contributed by atoms with Crippen molar-refractivity contribution in [3.8, 4) is 0 Å². The summed E-state index contributed by atoms with van der Waals surface area (Å²) in [7, 11) is 0. The Bertz CT molecular complexity index is 984. The van der Waals surface area contributed by atoms with Crippen molar-refractivity contribution in [3.05, 3.63) is 108 Å². The van der Waals surface area contributed by atoms with Crippen LogP contribution < -0.4 is 5.32 Å². The van der Waals surface area contributed by atoms with Crippen molar-refractivity contribution in [1.82, 2.24) is 10.2 Å². The van der Waals surface area contributed by atoms with Crippen molar-refractivity contribution in [2.75, 3.05) is 0 Å². The summed E-state index contributed by atoms with van der Waals surface area (Å²) in [6, 6.07) is 31.2. The molecule has 1 aliphatic rings. The SMILES string of the molecule is C[C@@H]1C[C@H](N(Cc2ccccc2)Cc2ccccc2)C[C@@]1(N[C@H](C)c1ccccc1)C(=O)O. The van der Waals surface area contributed by atoms with Crippen molar-refractivity contribution in [1.29, 1.82) is 0 Å². The van der Waals surface area contributed by atoms with Crippen LogP contribution in [0.4, 0.5) is 0 Å². The van der Waals surface area contributed by atoms with Gasteiger partial charge in [0.05, 0.1) is 0 Å². The lowest BCUT2D eigenvalue weighted by Gasteiger charge is -2.35. The molecule has 0 heterocycles. The number of hydrogen-bond donors (Lipinski definition) is 2. The largest absolute Gasteiger partial charge is 0.480 e. The lowest BCUT2D eigenvalue weighted by atomic mass is 9.86. The molecule has 0 aromatic heterocycles. The van der Waals surface area contributed by atoms with Crippen molar-refractivity contribution < 1.29 is 9.90 Å². The van der Waals surface area contributed by atoms with Crippen LogP contribution in [0.25, 0.3) is 0 Å². The Kier molecular flexibility index (Phi) is 7.26. The molecule has 1 aliphatic carbocycles. The minimum Gasteiger partial charge on any atom is -0.480 e. The van der Waals surface area contributed by atoms with Gasteiger partial charge in [-0.25, -0.2) is 0 Å². The highest BCUT2D eigenvalue weighted by Gasteiger charge is 2.52. The zero-order valence-electron chi connectivity index (χ0n) is 19.5. The van der Waals surface area contributed by atoms with E-state index in [-0.39, 0.29) is 18.0 Å². The van der Waals surface area contributed by atoms with Gasteiger partial charge in [-0.1, -0.05) is 97.9 Å². The monoisotopic (exact) mass is 442 g/mol. The van der Waals surface area contributed by atoms with E-state index in [0.717, 1.165) is 25.1 Å². The molecule has 3 aromatic carbocycles. The van der Waals surface area contributed by atoms with Gasteiger partial charge in [0, 0.05) is 25.2 Å². The summed E-state index contributed by atoms with van der Waals surface area (Å²) in [5.41, 5.74) is 2.66. The van der Waals surface area contributed by atoms with E-state index in [2.05, 4.69) is 84.7 Å². The highest BCUT2D eigenvalue weighted by atomic mass is 16.4. The number of rotatable bonds is 9. The van der Waals surface area contributed by atoms with E-state index in [1.165, 1.54) is 11.1 Å². The highest BCUT2D eigenvalue weighted by Crippen LogP contribution is 2.41. The molecule has 0 saturated heterocycles. The molecule has 4 nitrogen and oxygen atoms in total. The number of nitrogens with zero attached hydrogens (tertiary/aromatic N) is 1. The molecule has 4 heteroatoms. The maximum atomic E-state index is 12.7. The fourth-order valence-electron chi connectivity index (χ4n) is 5.27. The summed E-state index contributed by atoms with van der Waals surface area (Å²) in [4.78, 5) is 15.2. The number of carbonyl (C=O) groups is 1. The molecule has 1 saturated carbocycles. The topological polar surface area (TPSA) is 52.6 Å². The Morgan fingerprint density at radius 1 is 0.939 bits per heavy atom. The van der Waals surface area contributed by atoms with Crippen LogP contribution in [-0.4, -0.2) is 27.6 Å². The second kappa shape index (κ2) is 10.3. The fraction of sp³-hybridized carbons (Fsp3) is 0.345. The van der Waals surface area contributed by atoms with Crippen molar-refractivity contribution >= 4 is 5.97 Å². The van der Waals surface area contributed by atoms with Crippen LogP contribution in [-0.2, 0) is 17.9 Å². The van der Waals surface area contributed by atoms with Gasteiger partial charge >= 0.3 is 5.97 Å². The minimum atomic E-state index is -0.953. The summed E-state index contributed by atoms with van der Waals surface area (Å²) in [6.45, 7) is 5.75. The van der Waals surface area contributed by atoms with Crippen LogP contribution in [0, 0.1) is 5.92 Å². The third-order valence-electron chi connectivity index (χ3n) is 7.15. The summed E-state index contributed by atoms with van der Waals surface area (Å²) >= 11 is 0. The molecule has 33 heavy (non-hydrogen) atoms. The average molecular weight is 443 g/mol. The van der Waals surface area contributed by atoms with Crippen molar-refractivity contribution in [2.24, 2.45) is 5.92 Å². The highest BCUT2D eigenvalue weighted by molar-refractivity contribution is 5.80. The number of aliphatic carboxylic acids is 1. The summed E-state index contributed by atoms with van der Waals surface area (Å²) in [5, 5.41) is 14.0. The molecule has 0 amide bonds. The zero-order chi connectivity index (χ0) is 23.3. The second-order valence-corrected chi connectivity index (χ2v) is 9.42. The first kappa shape index (κ1) is 23.2. The maximum Gasteiger partial charge on any atom is 0.324 e. The summed E-state index contributed by atoms with van der Waals surface area (Å²) in [6.07, 6.45) is 1.43. The van der Waals surface area contributed by atoms with Gasteiger partial charge in [-0.15, -0.1) is 0 Å². The molecule has 4 atom stereocenters. The molecule has 4 rings (SSSR count). The summed E-state index contributed by atoms with van der Waals surface area (Å²) < 4.78 is 0. The molecule has 3 aromatic rings. The lowest BCUT2D eigenvalue weighted by Crippen LogP contribution is -2.55. The smallest absolute Gasteiger partial charge is 0.324 e. The van der Waals surface area contributed by atoms with Gasteiger partial charge in [0.15, 0.2) is 0 Å². The molecule has 1 fully saturated rings. The zero-order valence-corrected chi connectivity index (χ0v) is 19.5. The van der Waals surface area contributed by atoms with Gasteiger partial charge < -0.3 is 5.11 Å². The van der Waals surface area contributed by atoms with E-state index in [0.29, 0.717) is 6.42 Å². The lowest BCUT2D eigenvalue weighted by molar-refractivity contribution is -0.147. The van der Waals surface area contributed by atoms with Crippen molar-refractivity contribution in [3.63, 3.8) is 0 Å². The molecular weight excluding hydrogens is 408 g/mol. The van der Waals surface area contributed by atoms with Gasteiger partial charge in [0.2, 0.25) is 0 Å². The Balaban J connectivity index is 1.59. The molecule has 172 valence electrons. The van der Waals surface area contributed by atoms with Crippen LogP contribution in [0.2, 0.25) is 0 Å².